The number of amides is 2. The summed E-state index contributed by atoms with van der Waals surface area (Å²) >= 11 is 7.78. The molecule has 8 heteroatoms. The molecule has 2 aromatic carbocycles. The number of halogens is 1. The van der Waals surface area contributed by atoms with Gasteiger partial charge in [0.05, 0.1) is 11.7 Å². The minimum absolute atomic E-state index is 0.115. The molecule has 154 valence electrons. The number of rotatable bonds is 5. The first-order chi connectivity index (χ1) is 14.3. The third-order valence-electron chi connectivity index (χ3n) is 4.98. The van der Waals surface area contributed by atoms with Crippen LogP contribution in [-0.4, -0.2) is 36.3 Å². The van der Waals surface area contributed by atoms with Crippen molar-refractivity contribution in [3.05, 3.63) is 59.5 Å². The quantitative estimate of drug-likeness (QED) is 0.467. The van der Waals surface area contributed by atoms with Gasteiger partial charge in [0.15, 0.2) is 5.13 Å². The topological polar surface area (TPSA) is 65.5 Å². The molecule has 0 radical (unpaired) electrons. The molecule has 0 aliphatic carbocycles. The fourth-order valence-corrected chi connectivity index (χ4v) is 4.63. The number of aromatic nitrogens is 1. The van der Waals surface area contributed by atoms with Crippen molar-refractivity contribution in [2.45, 2.75) is 18.3 Å². The van der Waals surface area contributed by atoms with Crippen LogP contribution in [0.1, 0.15) is 18.5 Å². The molecule has 6 nitrogen and oxygen atoms in total. The van der Waals surface area contributed by atoms with E-state index in [1.807, 2.05) is 72.9 Å². The molecule has 4 rings (SSSR count). The average Bonchev–Trinajstić information content (AvgIpc) is 3.20. The van der Waals surface area contributed by atoms with Gasteiger partial charge in [0.2, 0.25) is 11.8 Å². The number of hydrogen-bond donors (Lipinski definition) is 1. The summed E-state index contributed by atoms with van der Waals surface area (Å²) in [5.41, 5.74) is 4.48. The third kappa shape index (κ3) is 3.78. The Labute approximate surface area is 184 Å². The van der Waals surface area contributed by atoms with E-state index in [-0.39, 0.29) is 17.9 Å². The molecule has 1 saturated heterocycles. The van der Waals surface area contributed by atoms with Crippen molar-refractivity contribution in [1.82, 2.24) is 4.98 Å². The zero-order chi connectivity index (χ0) is 21.4. The highest BCUT2D eigenvalue weighted by atomic mass is 35.5. The minimum Gasteiger partial charge on any atom is -0.378 e. The van der Waals surface area contributed by atoms with E-state index in [2.05, 4.69) is 10.3 Å². The first-order valence-corrected chi connectivity index (χ1v) is 10.7. The largest absolute Gasteiger partial charge is 0.378 e. The second kappa shape index (κ2) is 8.08. The summed E-state index contributed by atoms with van der Waals surface area (Å²) < 4.78 is 0. The maximum Gasteiger partial charge on any atom is 0.249 e. The van der Waals surface area contributed by atoms with Crippen molar-refractivity contribution in [2.24, 2.45) is 0 Å². The first kappa shape index (κ1) is 20.4. The SMILES string of the molecule is CC(=O)Nc1ccc(-c2csc(N3C(=O)C(Cl)C3c3ccc(N(C)C)cc3)n2)cc1. The molecule has 0 bridgehead atoms. The van der Waals surface area contributed by atoms with Crippen LogP contribution in [0.25, 0.3) is 11.3 Å². The lowest BCUT2D eigenvalue weighted by molar-refractivity contribution is -0.123. The number of carbonyl (C=O) groups is 2. The molecule has 1 aliphatic heterocycles. The molecular formula is C22H21ClN4O2S. The lowest BCUT2D eigenvalue weighted by atomic mass is 9.93. The van der Waals surface area contributed by atoms with Crippen molar-refractivity contribution >= 4 is 51.3 Å². The van der Waals surface area contributed by atoms with Gasteiger partial charge in [-0.3, -0.25) is 14.5 Å². The fourth-order valence-electron chi connectivity index (χ4n) is 3.39. The number of thiazole rings is 1. The number of hydrogen-bond acceptors (Lipinski definition) is 5. The molecule has 3 aromatic rings. The number of anilines is 3. The highest BCUT2D eigenvalue weighted by Gasteiger charge is 2.49. The molecule has 1 aliphatic rings. The summed E-state index contributed by atoms with van der Waals surface area (Å²) in [7, 11) is 3.97. The number of carbonyl (C=O) groups excluding carboxylic acids is 2. The van der Waals surface area contributed by atoms with Crippen LogP contribution in [0, 0.1) is 0 Å². The van der Waals surface area contributed by atoms with E-state index in [1.54, 1.807) is 4.90 Å². The van der Waals surface area contributed by atoms with Crippen LogP contribution in [0.5, 0.6) is 0 Å². The average molecular weight is 441 g/mol. The summed E-state index contributed by atoms with van der Waals surface area (Å²) in [6, 6.07) is 15.2. The molecule has 30 heavy (non-hydrogen) atoms. The lowest BCUT2D eigenvalue weighted by Gasteiger charge is -2.42. The van der Waals surface area contributed by atoms with E-state index < -0.39 is 5.38 Å². The van der Waals surface area contributed by atoms with Crippen LogP contribution in [0.4, 0.5) is 16.5 Å². The van der Waals surface area contributed by atoms with E-state index in [1.165, 1.54) is 18.3 Å². The van der Waals surface area contributed by atoms with E-state index >= 15 is 0 Å². The zero-order valence-electron chi connectivity index (χ0n) is 16.8. The van der Waals surface area contributed by atoms with Gasteiger partial charge >= 0.3 is 0 Å². The maximum absolute atomic E-state index is 12.5. The minimum atomic E-state index is -0.598. The standard InChI is InChI=1S/C22H21ClN4O2S/c1-13(28)24-16-8-4-14(5-9-16)18-12-30-22(25-18)27-20(19(23)21(27)29)15-6-10-17(11-7-15)26(2)3/h4-12,19-20H,1-3H3,(H,24,28). The van der Waals surface area contributed by atoms with Crippen LogP contribution in [0.2, 0.25) is 0 Å². The second-order valence-corrected chi connectivity index (χ2v) is 8.62. The predicted molar refractivity (Wildman–Crippen MR) is 122 cm³/mol. The molecule has 2 heterocycles. The van der Waals surface area contributed by atoms with Crippen molar-refractivity contribution in [2.75, 3.05) is 29.2 Å². The highest BCUT2D eigenvalue weighted by Crippen LogP contribution is 2.44. The Balaban J connectivity index is 1.57. The van der Waals surface area contributed by atoms with Gasteiger partial charge in [-0.2, -0.15) is 0 Å². The monoisotopic (exact) mass is 440 g/mol. The Morgan fingerprint density at radius 3 is 2.40 bits per heavy atom. The molecule has 1 N–H and O–H groups in total. The Morgan fingerprint density at radius 2 is 1.80 bits per heavy atom. The van der Waals surface area contributed by atoms with Crippen molar-refractivity contribution in [1.29, 1.82) is 0 Å². The highest BCUT2D eigenvalue weighted by molar-refractivity contribution is 7.14. The third-order valence-corrected chi connectivity index (χ3v) is 6.24. The molecule has 1 aromatic heterocycles. The van der Waals surface area contributed by atoms with Crippen LogP contribution in [-0.2, 0) is 9.59 Å². The van der Waals surface area contributed by atoms with Gasteiger partial charge in [0, 0.05) is 43.3 Å². The molecule has 2 atom stereocenters. The van der Waals surface area contributed by atoms with Crippen molar-refractivity contribution < 1.29 is 9.59 Å². The van der Waals surface area contributed by atoms with Gasteiger partial charge in [0.1, 0.15) is 5.38 Å². The fraction of sp³-hybridized carbons (Fsp3) is 0.227. The molecular weight excluding hydrogens is 420 g/mol. The summed E-state index contributed by atoms with van der Waals surface area (Å²) in [4.78, 5) is 32.1. The molecule has 2 unspecified atom stereocenters. The van der Waals surface area contributed by atoms with Gasteiger partial charge in [-0.05, 0) is 29.8 Å². The summed E-state index contributed by atoms with van der Waals surface area (Å²) in [6.07, 6.45) is 0. The number of nitrogens with zero attached hydrogens (tertiary/aromatic N) is 3. The van der Waals surface area contributed by atoms with Crippen molar-refractivity contribution in [3.63, 3.8) is 0 Å². The maximum atomic E-state index is 12.5. The number of benzene rings is 2. The van der Waals surface area contributed by atoms with Gasteiger partial charge in [0.25, 0.3) is 0 Å². The van der Waals surface area contributed by atoms with Crippen molar-refractivity contribution in [3.8, 4) is 11.3 Å². The van der Waals surface area contributed by atoms with E-state index in [0.29, 0.717) is 5.13 Å². The number of nitrogens with one attached hydrogen (secondary N) is 1. The van der Waals surface area contributed by atoms with Crippen LogP contribution in [0.3, 0.4) is 0 Å². The summed E-state index contributed by atoms with van der Waals surface area (Å²) in [6.45, 7) is 1.47. The first-order valence-electron chi connectivity index (χ1n) is 9.43. The smallest absolute Gasteiger partial charge is 0.249 e. The molecule has 0 saturated carbocycles. The normalized spacial score (nSPS) is 18.1. The van der Waals surface area contributed by atoms with Gasteiger partial charge in [-0.1, -0.05) is 24.3 Å². The summed E-state index contributed by atoms with van der Waals surface area (Å²) in [5.74, 6) is -0.254. The Hall–Kier alpha value is -2.90. The van der Waals surface area contributed by atoms with Gasteiger partial charge in [-0.15, -0.1) is 22.9 Å². The molecule has 0 spiro atoms. The van der Waals surface area contributed by atoms with Crippen LogP contribution >= 0.6 is 22.9 Å². The molecule has 2 amide bonds. The predicted octanol–water partition coefficient (Wildman–Crippen LogP) is 4.53. The number of alkyl halides is 1. The van der Waals surface area contributed by atoms with E-state index in [0.717, 1.165) is 28.2 Å². The zero-order valence-corrected chi connectivity index (χ0v) is 18.4. The summed E-state index contributed by atoms with van der Waals surface area (Å²) in [5, 5.41) is 4.69. The Kier molecular flexibility index (Phi) is 5.49. The lowest BCUT2D eigenvalue weighted by Crippen LogP contribution is -2.56. The van der Waals surface area contributed by atoms with Crippen LogP contribution < -0.4 is 15.1 Å². The second-order valence-electron chi connectivity index (χ2n) is 7.31. The Bertz CT molecular complexity index is 1080. The Morgan fingerprint density at radius 1 is 1.13 bits per heavy atom. The van der Waals surface area contributed by atoms with Crippen LogP contribution in [0.15, 0.2) is 53.9 Å². The van der Waals surface area contributed by atoms with Gasteiger partial charge < -0.3 is 10.2 Å². The number of β-lactam (4-membered cyclic amide) rings is 1. The van der Waals surface area contributed by atoms with E-state index in [9.17, 15) is 9.59 Å². The van der Waals surface area contributed by atoms with E-state index in [4.69, 9.17) is 11.6 Å². The van der Waals surface area contributed by atoms with Gasteiger partial charge in [-0.25, -0.2) is 4.98 Å². The molecule has 1 fully saturated rings.